The molecule has 3 N–H and O–H groups in total. The van der Waals surface area contributed by atoms with Crippen molar-refractivity contribution < 1.29 is 4.74 Å². The van der Waals surface area contributed by atoms with E-state index in [1.807, 2.05) is 13.0 Å². The lowest BCUT2D eigenvalue weighted by molar-refractivity contribution is 0.134. The van der Waals surface area contributed by atoms with E-state index in [9.17, 15) is 0 Å². The van der Waals surface area contributed by atoms with Gasteiger partial charge in [0.2, 0.25) is 0 Å². The van der Waals surface area contributed by atoms with Crippen LogP contribution in [0.15, 0.2) is 24.5 Å². The van der Waals surface area contributed by atoms with E-state index in [0.29, 0.717) is 19.0 Å². The van der Waals surface area contributed by atoms with Gasteiger partial charge in [0, 0.05) is 11.3 Å². The van der Waals surface area contributed by atoms with Crippen molar-refractivity contribution in [2.75, 3.05) is 11.1 Å². The molecule has 0 fully saturated rings. The van der Waals surface area contributed by atoms with Crippen molar-refractivity contribution in [2.24, 2.45) is 0 Å². The van der Waals surface area contributed by atoms with E-state index in [1.165, 1.54) is 17.5 Å². The second-order valence-electron chi connectivity index (χ2n) is 4.33. The second kappa shape index (κ2) is 4.27. The Kier molecular flexibility index (Phi) is 2.60. The lowest BCUT2D eigenvalue weighted by atomic mass is 10.1. The van der Waals surface area contributed by atoms with Crippen LogP contribution in [0.4, 0.5) is 17.3 Å². The molecule has 1 aliphatic heterocycles. The lowest BCUT2D eigenvalue weighted by Crippen LogP contribution is -2.02. The van der Waals surface area contributed by atoms with Crippen LogP contribution in [0.3, 0.4) is 0 Å². The predicted molar refractivity (Wildman–Crippen MR) is 69.4 cm³/mol. The molecule has 0 bridgehead atoms. The molecule has 3 rings (SSSR count). The van der Waals surface area contributed by atoms with Crippen LogP contribution in [0.1, 0.15) is 16.7 Å². The zero-order valence-electron chi connectivity index (χ0n) is 10.1. The van der Waals surface area contributed by atoms with E-state index in [2.05, 4.69) is 27.4 Å². The number of fused-ring (bicyclic) bond motifs is 1. The number of hydrogen-bond acceptors (Lipinski definition) is 5. The third kappa shape index (κ3) is 1.89. The normalized spacial score (nSPS) is 13.4. The summed E-state index contributed by atoms with van der Waals surface area (Å²) in [5, 5.41) is 3.26. The molecule has 0 radical (unpaired) electrons. The first-order valence-corrected chi connectivity index (χ1v) is 5.77. The molecular formula is C13H14N4O. The predicted octanol–water partition coefficient (Wildman–Crippen LogP) is 2.14. The highest BCUT2D eigenvalue weighted by molar-refractivity contribution is 5.64. The summed E-state index contributed by atoms with van der Waals surface area (Å²) in [7, 11) is 0. The number of anilines is 3. The van der Waals surface area contributed by atoms with Crippen molar-refractivity contribution >= 4 is 17.3 Å². The van der Waals surface area contributed by atoms with E-state index in [1.54, 1.807) is 0 Å². The van der Waals surface area contributed by atoms with E-state index in [4.69, 9.17) is 10.5 Å². The highest BCUT2D eigenvalue weighted by Gasteiger charge is 2.12. The van der Waals surface area contributed by atoms with Crippen LogP contribution in [-0.2, 0) is 18.0 Å². The number of benzene rings is 1. The fraction of sp³-hybridized carbons (Fsp3) is 0.231. The fourth-order valence-corrected chi connectivity index (χ4v) is 1.98. The summed E-state index contributed by atoms with van der Waals surface area (Å²) < 4.78 is 5.39. The Morgan fingerprint density at radius 3 is 2.94 bits per heavy atom. The molecule has 1 aromatic carbocycles. The van der Waals surface area contributed by atoms with Gasteiger partial charge in [-0.25, -0.2) is 9.97 Å². The zero-order valence-corrected chi connectivity index (χ0v) is 10.1. The fourth-order valence-electron chi connectivity index (χ4n) is 1.98. The van der Waals surface area contributed by atoms with Crippen LogP contribution in [-0.4, -0.2) is 9.97 Å². The number of hydrogen-bond donors (Lipinski definition) is 2. The van der Waals surface area contributed by atoms with Crippen LogP contribution in [0.5, 0.6) is 0 Å². The van der Waals surface area contributed by atoms with Gasteiger partial charge in [-0.3, -0.25) is 0 Å². The second-order valence-corrected chi connectivity index (χ2v) is 4.33. The van der Waals surface area contributed by atoms with Crippen LogP contribution in [0.25, 0.3) is 0 Å². The largest absolute Gasteiger partial charge is 0.383 e. The Balaban J connectivity index is 1.90. The van der Waals surface area contributed by atoms with Crippen molar-refractivity contribution in [3.05, 3.63) is 41.2 Å². The monoisotopic (exact) mass is 242 g/mol. The standard InChI is InChI=1S/C13H14N4O/c1-8-12(14)15-7-16-13(8)17-11-3-2-9-5-18-6-10(9)4-11/h2-4,7H,5-6H2,1H3,(H3,14,15,16,17). The zero-order chi connectivity index (χ0) is 12.5. The Bertz CT molecular complexity index is 598. The third-order valence-electron chi connectivity index (χ3n) is 3.11. The molecule has 0 saturated heterocycles. The van der Waals surface area contributed by atoms with Gasteiger partial charge >= 0.3 is 0 Å². The molecule has 2 heterocycles. The highest BCUT2D eigenvalue weighted by atomic mass is 16.5. The molecule has 5 nitrogen and oxygen atoms in total. The number of nitrogens with two attached hydrogens (primary N) is 1. The summed E-state index contributed by atoms with van der Waals surface area (Å²) in [6.45, 7) is 3.28. The molecule has 18 heavy (non-hydrogen) atoms. The van der Waals surface area contributed by atoms with E-state index in [0.717, 1.165) is 17.1 Å². The molecule has 5 heteroatoms. The van der Waals surface area contributed by atoms with Gasteiger partial charge in [-0.1, -0.05) is 6.07 Å². The first-order chi connectivity index (χ1) is 8.74. The van der Waals surface area contributed by atoms with Crippen molar-refractivity contribution in [3.63, 3.8) is 0 Å². The number of nitrogens with one attached hydrogen (secondary N) is 1. The van der Waals surface area contributed by atoms with Crippen LogP contribution in [0.2, 0.25) is 0 Å². The molecule has 1 aliphatic rings. The van der Waals surface area contributed by atoms with Gasteiger partial charge in [-0.05, 0) is 30.2 Å². The van der Waals surface area contributed by atoms with Gasteiger partial charge in [0.15, 0.2) is 0 Å². The van der Waals surface area contributed by atoms with Crippen LogP contribution < -0.4 is 11.1 Å². The van der Waals surface area contributed by atoms with Crippen molar-refractivity contribution in [1.29, 1.82) is 0 Å². The summed E-state index contributed by atoms with van der Waals surface area (Å²) in [6, 6.07) is 6.18. The quantitative estimate of drug-likeness (QED) is 0.844. The average Bonchev–Trinajstić information content (AvgIpc) is 2.82. The number of ether oxygens (including phenoxy) is 1. The number of nitrogen functional groups attached to an aromatic ring is 1. The Labute approximate surface area is 105 Å². The Hall–Kier alpha value is -2.14. The molecule has 2 aromatic rings. The summed E-state index contributed by atoms with van der Waals surface area (Å²) in [4.78, 5) is 8.14. The maximum Gasteiger partial charge on any atom is 0.138 e. The van der Waals surface area contributed by atoms with Gasteiger partial charge in [0.05, 0.1) is 13.2 Å². The minimum Gasteiger partial charge on any atom is -0.383 e. The van der Waals surface area contributed by atoms with Crippen molar-refractivity contribution in [1.82, 2.24) is 9.97 Å². The Morgan fingerprint density at radius 1 is 1.22 bits per heavy atom. The van der Waals surface area contributed by atoms with E-state index < -0.39 is 0 Å². The molecule has 1 aromatic heterocycles. The minimum atomic E-state index is 0.497. The molecule has 0 saturated carbocycles. The van der Waals surface area contributed by atoms with Gasteiger partial charge in [0.1, 0.15) is 18.0 Å². The molecular weight excluding hydrogens is 228 g/mol. The Morgan fingerprint density at radius 2 is 2.06 bits per heavy atom. The van der Waals surface area contributed by atoms with Gasteiger partial charge in [0.25, 0.3) is 0 Å². The van der Waals surface area contributed by atoms with Gasteiger partial charge in [-0.15, -0.1) is 0 Å². The minimum absolute atomic E-state index is 0.497. The SMILES string of the molecule is Cc1c(N)ncnc1Nc1ccc2c(c1)COC2. The molecule has 0 unspecified atom stereocenters. The highest BCUT2D eigenvalue weighted by Crippen LogP contribution is 2.26. The first kappa shape index (κ1) is 11.0. The first-order valence-electron chi connectivity index (χ1n) is 5.77. The van der Waals surface area contributed by atoms with E-state index >= 15 is 0 Å². The molecule has 0 aliphatic carbocycles. The van der Waals surface area contributed by atoms with E-state index in [-0.39, 0.29) is 0 Å². The van der Waals surface area contributed by atoms with Gasteiger partial charge < -0.3 is 15.8 Å². The summed E-state index contributed by atoms with van der Waals surface area (Å²) >= 11 is 0. The number of aromatic nitrogens is 2. The summed E-state index contributed by atoms with van der Waals surface area (Å²) in [5.74, 6) is 1.23. The molecule has 92 valence electrons. The van der Waals surface area contributed by atoms with Crippen molar-refractivity contribution in [3.8, 4) is 0 Å². The summed E-state index contributed by atoms with van der Waals surface area (Å²) in [6.07, 6.45) is 1.46. The topological polar surface area (TPSA) is 73.1 Å². The smallest absolute Gasteiger partial charge is 0.138 e. The third-order valence-corrected chi connectivity index (χ3v) is 3.11. The summed E-state index contributed by atoms with van der Waals surface area (Å²) in [5.41, 5.74) is 10.1. The lowest BCUT2D eigenvalue weighted by Gasteiger charge is -2.10. The van der Waals surface area contributed by atoms with Gasteiger partial charge in [-0.2, -0.15) is 0 Å². The molecule has 0 atom stereocenters. The maximum atomic E-state index is 5.75. The molecule has 0 amide bonds. The molecule has 0 spiro atoms. The number of nitrogens with zero attached hydrogens (tertiary/aromatic N) is 2. The number of rotatable bonds is 2. The average molecular weight is 242 g/mol. The maximum absolute atomic E-state index is 5.75. The van der Waals surface area contributed by atoms with Crippen LogP contribution in [0, 0.1) is 6.92 Å². The van der Waals surface area contributed by atoms with Crippen LogP contribution >= 0.6 is 0 Å². The van der Waals surface area contributed by atoms with Crippen molar-refractivity contribution in [2.45, 2.75) is 20.1 Å².